The van der Waals surface area contributed by atoms with Crippen molar-refractivity contribution in [3.8, 4) is 0 Å². The van der Waals surface area contributed by atoms with Crippen LogP contribution < -0.4 is 5.32 Å². The quantitative estimate of drug-likeness (QED) is 0.663. The zero-order chi connectivity index (χ0) is 13.9. The van der Waals surface area contributed by atoms with Crippen LogP contribution in [0.4, 0.5) is 0 Å². The Balaban J connectivity index is 1.50. The average molecular weight is 283 g/mol. The monoisotopic (exact) mass is 283 g/mol. The van der Waals surface area contributed by atoms with E-state index in [9.17, 15) is 9.59 Å². The summed E-state index contributed by atoms with van der Waals surface area (Å²) in [4.78, 5) is 27.5. The first-order valence-corrected chi connectivity index (χ1v) is 7.21. The Morgan fingerprint density at radius 1 is 1.30 bits per heavy atom. The van der Waals surface area contributed by atoms with Crippen molar-refractivity contribution in [3.05, 3.63) is 0 Å². The first-order chi connectivity index (χ1) is 9.72. The van der Waals surface area contributed by atoms with E-state index in [0.29, 0.717) is 39.4 Å². The maximum absolute atomic E-state index is 12.2. The van der Waals surface area contributed by atoms with Gasteiger partial charge in [-0.2, -0.15) is 0 Å². The van der Waals surface area contributed by atoms with Crippen LogP contribution in [0.3, 0.4) is 0 Å². The Labute approximate surface area is 118 Å². The Bertz CT molecular complexity index is 384. The van der Waals surface area contributed by atoms with Gasteiger partial charge in [0, 0.05) is 26.2 Å². The SMILES string of the molecule is O=C1CO[C@H]2CCN(CC(=O)N3CCOCC3)C[C@@H]2N1. The molecule has 3 fully saturated rings. The van der Waals surface area contributed by atoms with Crippen LogP contribution in [0.25, 0.3) is 0 Å². The van der Waals surface area contributed by atoms with Crippen molar-refractivity contribution in [2.24, 2.45) is 0 Å². The van der Waals surface area contributed by atoms with Crippen molar-refractivity contribution in [3.63, 3.8) is 0 Å². The number of nitrogens with zero attached hydrogens (tertiary/aromatic N) is 2. The van der Waals surface area contributed by atoms with Crippen LogP contribution in [0.2, 0.25) is 0 Å². The molecule has 3 rings (SSSR count). The molecule has 0 unspecified atom stereocenters. The number of piperidine rings is 1. The molecule has 7 heteroatoms. The molecule has 0 bridgehead atoms. The third-order valence-electron chi connectivity index (χ3n) is 4.13. The number of hydrogen-bond donors (Lipinski definition) is 1. The van der Waals surface area contributed by atoms with E-state index in [-0.39, 0.29) is 30.6 Å². The summed E-state index contributed by atoms with van der Waals surface area (Å²) in [6, 6.07) is 0.0162. The van der Waals surface area contributed by atoms with E-state index in [0.717, 1.165) is 13.0 Å². The van der Waals surface area contributed by atoms with Crippen LogP contribution in [-0.2, 0) is 19.1 Å². The number of carbonyl (C=O) groups excluding carboxylic acids is 2. The minimum absolute atomic E-state index is 0.0162. The summed E-state index contributed by atoms with van der Waals surface area (Å²) in [5, 5.41) is 2.95. The van der Waals surface area contributed by atoms with Gasteiger partial charge in [0.2, 0.25) is 11.8 Å². The number of ether oxygens (including phenoxy) is 2. The first-order valence-electron chi connectivity index (χ1n) is 7.21. The largest absolute Gasteiger partial charge is 0.378 e. The van der Waals surface area contributed by atoms with E-state index in [1.807, 2.05) is 4.90 Å². The van der Waals surface area contributed by atoms with Crippen LogP contribution in [0, 0.1) is 0 Å². The van der Waals surface area contributed by atoms with E-state index in [1.54, 1.807) is 0 Å². The normalized spacial score (nSPS) is 31.6. The van der Waals surface area contributed by atoms with Gasteiger partial charge < -0.3 is 19.7 Å². The molecular weight excluding hydrogens is 262 g/mol. The zero-order valence-corrected chi connectivity index (χ0v) is 11.5. The van der Waals surface area contributed by atoms with Crippen molar-refractivity contribution in [1.29, 1.82) is 0 Å². The Morgan fingerprint density at radius 3 is 2.90 bits per heavy atom. The highest BCUT2D eigenvalue weighted by molar-refractivity contribution is 5.79. The van der Waals surface area contributed by atoms with Crippen LogP contribution >= 0.6 is 0 Å². The van der Waals surface area contributed by atoms with E-state index < -0.39 is 0 Å². The summed E-state index contributed by atoms with van der Waals surface area (Å²) in [5.74, 6) is 0.0856. The maximum atomic E-state index is 12.2. The van der Waals surface area contributed by atoms with Crippen LogP contribution in [0.1, 0.15) is 6.42 Å². The molecule has 1 N–H and O–H groups in total. The van der Waals surface area contributed by atoms with Gasteiger partial charge in [0.25, 0.3) is 0 Å². The smallest absolute Gasteiger partial charge is 0.246 e. The molecule has 0 saturated carbocycles. The number of carbonyl (C=O) groups is 2. The number of hydrogen-bond acceptors (Lipinski definition) is 5. The minimum Gasteiger partial charge on any atom is -0.378 e. The standard InChI is InChI=1S/C13H21N3O4/c17-12-9-20-11-1-2-15(7-10(11)14-12)8-13(18)16-3-5-19-6-4-16/h10-11H,1-9H2,(H,14,17)/t10-,11-/m0/s1. The van der Waals surface area contributed by atoms with Crippen LogP contribution in [-0.4, -0.2) is 86.3 Å². The number of amides is 2. The van der Waals surface area contributed by atoms with Gasteiger partial charge in [0.05, 0.1) is 31.9 Å². The van der Waals surface area contributed by atoms with E-state index in [4.69, 9.17) is 9.47 Å². The van der Waals surface area contributed by atoms with E-state index >= 15 is 0 Å². The molecule has 0 aliphatic carbocycles. The van der Waals surface area contributed by atoms with Gasteiger partial charge in [0.1, 0.15) is 6.61 Å². The lowest BCUT2D eigenvalue weighted by molar-refractivity contribution is -0.142. The second-order valence-corrected chi connectivity index (χ2v) is 5.54. The third kappa shape index (κ3) is 3.11. The molecule has 7 nitrogen and oxygen atoms in total. The molecule has 3 heterocycles. The molecule has 0 aromatic heterocycles. The summed E-state index contributed by atoms with van der Waals surface area (Å²) < 4.78 is 10.8. The molecule has 3 aliphatic heterocycles. The molecule has 0 aromatic rings. The van der Waals surface area contributed by atoms with Gasteiger partial charge in [-0.25, -0.2) is 0 Å². The fraction of sp³-hybridized carbons (Fsp3) is 0.846. The second-order valence-electron chi connectivity index (χ2n) is 5.54. The molecule has 0 aromatic carbocycles. The van der Waals surface area contributed by atoms with E-state index in [1.165, 1.54) is 0 Å². The highest BCUT2D eigenvalue weighted by atomic mass is 16.5. The molecule has 0 radical (unpaired) electrons. The molecule has 0 spiro atoms. The van der Waals surface area contributed by atoms with Gasteiger partial charge >= 0.3 is 0 Å². The number of likely N-dealkylation sites (tertiary alicyclic amines) is 1. The molecule has 20 heavy (non-hydrogen) atoms. The molecule has 3 saturated heterocycles. The van der Waals surface area contributed by atoms with Crippen molar-refractivity contribution in [2.75, 3.05) is 52.5 Å². The fourth-order valence-electron chi connectivity index (χ4n) is 3.01. The fourth-order valence-corrected chi connectivity index (χ4v) is 3.01. The van der Waals surface area contributed by atoms with Gasteiger partial charge in [-0.05, 0) is 6.42 Å². The summed E-state index contributed by atoms with van der Waals surface area (Å²) in [6.45, 7) is 4.71. The van der Waals surface area contributed by atoms with E-state index in [2.05, 4.69) is 10.2 Å². The molecule has 112 valence electrons. The molecular formula is C13H21N3O4. The third-order valence-corrected chi connectivity index (χ3v) is 4.13. The number of rotatable bonds is 2. The summed E-state index contributed by atoms with van der Waals surface area (Å²) in [5.41, 5.74) is 0. The number of fused-ring (bicyclic) bond motifs is 1. The van der Waals surface area contributed by atoms with Crippen molar-refractivity contribution < 1.29 is 19.1 Å². The lowest BCUT2D eigenvalue weighted by Gasteiger charge is -2.41. The predicted molar refractivity (Wildman–Crippen MR) is 70.1 cm³/mol. The average Bonchev–Trinajstić information content (AvgIpc) is 2.47. The van der Waals surface area contributed by atoms with Gasteiger partial charge in [0.15, 0.2) is 0 Å². The van der Waals surface area contributed by atoms with Gasteiger partial charge in [-0.1, -0.05) is 0 Å². The first kappa shape index (κ1) is 13.8. The summed E-state index contributed by atoms with van der Waals surface area (Å²) in [7, 11) is 0. The van der Waals surface area contributed by atoms with Crippen molar-refractivity contribution >= 4 is 11.8 Å². The Morgan fingerprint density at radius 2 is 2.10 bits per heavy atom. The number of morpholine rings is 2. The van der Waals surface area contributed by atoms with Crippen LogP contribution in [0.5, 0.6) is 0 Å². The highest BCUT2D eigenvalue weighted by Crippen LogP contribution is 2.17. The van der Waals surface area contributed by atoms with Gasteiger partial charge in [-0.3, -0.25) is 14.5 Å². The predicted octanol–water partition coefficient (Wildman–Crippen LogP) is -1.57. The highest BCUT2D eigenvalue weighted by Gasteiger charge is 2.35. The van der Waals surface area contributed by atoms with Crippen molar-refractivity contribution in [1.82, 2.24) is 15.1 Å². The summed E-state index contributed by atoms with van der Waals surface area (Å²) >= 11 is 0. The Hall–Kier alpha value is -1.18. The zero-order valence-electron chi connectivity index (χ0n) is 11.5. The lowest BCUT2D eigenvalue weighted by Crippen LogP contribution is -2.61. The molecule has 2 amide bonds. The lowest BCUT2D eigenvalue weighted by atomic mass is 10.0. The molecule has 3 aliphatic rings. The van der Waals surface area contributed by atoms with Gasteiger partial charge in [-0.15, -0.1) is 0 Å². The Kier molecular flexibility index (Phi) is 4.18. The van der Waals surface area contributed by atoms with Crippen molar-refractivity contribution in [2.45, 2.75) is 18.6 Å². The maximum Gasteiger partial charge on any atom is 0.246 e. The number of nitrogens with one attached hydrogen (secondary N) is 1. The topological polar surface area (TPSA) is 71.1 Å². The van der Waals surface area contributed by atoms with Crippen LogP contribution in [0.15, 0.2) is 0 Å². The molecule has 2 atom stereocenters. The minimum atomic E-state index is -0.0624. The summed E-state index contributed by atoms with van der Waals surface area (Å²) in [6.07, 6.45) is 0.962. The second kappa shape index (κ2) is 6.07.